The molecule has 0 bridgehead atoms. The average molecular weight is 508 g/mol. The third-order valence-corrected chi connectivity index (χ3v) is 8.00. The number of para-hydroxylation sites is 1. The lowest BCUT2D eigenvalue weighted by molar-refractivity contribution is 0.0958. The summed E-state index contributed by atoms with van der Waals surface area (Å²) < 4.78 is 29.3. The number of nitrogens with zero attached hydrogens (tertiary/aromatic N) is 5. The summed E-state index contributed by atoms with van der Waals surface area (Å²) in [6.45, 7) is 3.42. The second-order valence-corrected chi connectivity index (χ2v) is 10.2. The Kier molecular flexibility index (Phi) is 5.30. The van der Waals surface area contributed by atoms with Gasteiger partial charge in [0, 0.05) is 37.7 Å². The maximum atomic E-state index is 14.3. The minimum Gasteiger partial charge on any atom is -0.369 e. The van der Waals surface area contributed by atoms with Crippen molar-refractivity contribution in [2.45, 2.75) is 37.9 Å². The smallest absolute Gasteiger partial charge is 0.276 e. The molecule has 192 valence electrons. The number of hydrogen-bond acceptors (Lipinski definition) is 7. The molecule has 4 aliphatic rings. The molecule has 3 atom stereocenters. The number of allylic oxidation sites excluding steroid dienone is 1. The van der Waals surface area contributed by atoms with Gasteiger partial charge in [-0.3, -0.25) is 14.6 Å². The van der Waals surface area contributed by atoms with Gasteiger partial charge in [-0.15, -0.1) is 0 Å². The molecular formula is C26H27F2N7O2. The highest BCUT2D eigenvalue weighted by atomic mass is 19.1. The van der Waals surface area contributed by atoms with Crippen molar-refractivity contribution in [1.82, 2.24) is 24.9 Å². The largest absolute Gasteiger partial charge is 0.369 e. The van der Waals surface area contributed by atoms with Gasteiger partial charge in [0.2, 0.25) is 0 Å². The fraction of sp³-hybridized carbons (Fsp3) is 0.385. The molecule has 3 N–H and O–H groups in total. The number of amidine groups is 1. The Balaban J connectivity index is 1.36. The SMILES string of the molecule is CC1=NC2C(N3C[C@H](N)C4(CC4)C3)=C(NC(=O)c3ccc(=O)n(-c4c(F)cccc4F)n3)C=CC2N1C. The fourth-order valence-electron chi connectivity index (χ4n) is 5.59. The van der Waals surface area contributed by atoms with E-state index in [2.05, 4.69) is 20.2 Å². The quantitative estimate of drug-likeness (QED) is 0.650. The molecule has 1 spiro atoms. The highest BCUT2D eigenvalue weighted by Gasteiger charge is 2.55. The van der Waals surface area contributed by atoms with Crippen molar-refractivity contribution in [2.75, 3.05) is 20.1 Å². The van der Waals surface area contributed by atoms with Crippen molar-refractivity contribution in [3.8, 4) is 5.69 Å². The van der Waals surface area contributed by atoms with Gasteiger partial charge in [0.25, 0.3) is 11.5 Å². The maximum absolute atomic E-state index is 14.3. The molecule has 1 saturated heterocycles. The fourth-order valence-corrected chi connectivity index (χ4v) is 5.59. The molecule has 6 rings (SSSR count). The Hall–Kier alpha value is -3.86. The van der Waals surface area contributed by atoms with Gasteiger partial charge in [-0.2, -0.15) is 9.78 Å². The van der Waals surface area contributed by atoms with E-state index < -0.39 is 28.8 Å². The molecule has 37 heavy (non-hydrogen) atoms. The van der Waals surface area contributed by atoms with Crippen LogP contribution in [-0.4, -0.2) is 69.6 Å². The lowest BCUT2D eigenvalue weighted by Crippen LogP contribution is -2.44. The summed E-state index contributed by atoms with van der Waals surface area (Å²) >= 11 is 0. The predicted octanol–water partition coefficient (Wildman–Crippen LogP) is 1.55. The highest BCUT2D eigenvalue weighted by Crippen LogP contribution is 2.53. The molecule has 1 saturated carbocycles. The van der Waals surface area contributed by atoms with Crippen LogP contribution in [0, 0.1) is 17.0 Å². The van der Waals surface area contributed by atoms with Gasteiger partial charge < -0.3 is 20.9 Å². The van der Waals surface area contributed by atoms with Crippen LogP contribution >= 0.6 is 0 Å². The number of aliphatic imine (C=N–C) groups is 1. The van der Waals surface area contributed by atoms with Crippen molar-refractivity contribution in [2.24, 2.45) is 16.1 Å². The lowest BCUT2D eigenvalue weighted by atomic mass is 9.96. The summed E-state index contributed by atoms with van der Waals surface area (Å²) in [5.74, 6) is -1.64. The van der Waals surface area contributed by atoms with Gasteiger partial charge in [0.1, 0.15) is 17.4 Å². The van der Waals surface area contributed by atoms with Crippen LogP contribution < -0.4 is 16.6 Å². The monoisotopic (exact) mass is 507 g/mol. The zero-order valence-corrected chi connectivity index (χ0v) is 20.5. The van der Waals surface area contributed by atoms with E-state index in [1.54, 1.807) is 0 Å². The summed E-state index contributed by atoms with van der Waals surface area (Å²) in [4.78, 5) is 34.9. The number of carbonyl (C=O) groups is 1. The molecule has 9 nitrogen and oxygen atoms in total. The van der Waals surface area contributed by atoms with Gasteiger partial charge in [-0.25, -0.2) is 8.78 Å². The Morgan fingerprint density at radius 3 is 2.59 bits per heavy atom. The van der Waals surface area contributed by atoms with E-state index in [4.69, 9.17) is 10.7 Å². The zero-order chi connectivity index (χ0) is 26.1. The van der Waals surface area contributed by atoms with Crippen molar-refractivity contribution >= 4 is 11.7 Å². The van der Waals surface area contributed by atoms with Gasteiger partial charge in [-0.1, -0.05) is 12.1 Å². The maximum Gasteiger partial charge on any atom is 0.276 e. The molecule has 2 fully saturated rings. The second-order valence-electron chi connectivity index (χ2n) is 10.2. The van der Waals surface area contributed by atoms with Crippen molar-refractivity contribution in [3.05, 3.63) is 81.6 Å². The number of likely N-dealkylation sites (N-methyl/N-ethyl adjacent to an activating group) is 1. The number of amides is 1. The first-order valence-corrected chi connectivity index (χ1v) is 12.2. The number of likely N-dealkylation sites (tertiary alicyclic amines) is 1. The molecule has 1 amide bonds. The molecule has 2 aliphatic carbocycles. The average Bonchev–Trinajstić information content (AvgIpc) is 3.49. The minimum absolute atomic E-state index is 0.0201. The van der Waals surface area contributed by atoms with Crippen LogP contribution in [0.1, 0.15) is 30.3 Å². The summed E-state index contributed by atoms with van der Waals surface area (Å²) in [5, 5.41) is 6.90. The number of halogens is 2. The predicted molar refractivity (Wildman–Crippen MR) is 133 cm³/mol. The number of benzene rings is 1. The lowest BCUT2D eigenvalue weighted by Gasteiger charge is -2.34. The topological polar surface area (TPSA) is 109 Å². The van der Waals surface area contributed by atoms with Crippen LogP contribution in [0.3, 0.4) is 0 Å². The summed E-state index contributed by atoms with van der Waals surface area (Å²) in [6.07, 6.45) is 6.03. The molecule has 11 heteroatoms. The number of aromatic nitrogens is 2. The Labute approximate surface area is 212 Å². The van der Waals surface area contributed by atoms with Gasteiger partial charge in [-0.05, 0) is 44.0 Å². The molecule has 3 heterocycles. The van der Waals surface area contributed by atoms with E-state index in [1.165, 1.54) is 12.1 Å². The van der Waals surface area contributed by atoms with Gasteiger partial charge in [0.15, 0.2) is 11.6 Å². The Morgan fingerprint density at radius 1 is 1.19 bits per heavy atom. The van der Waals surface area contributed by atoms with Crippen molar-refractivity contribution in [3.63, 3.8) is 0 Å². The summed E-state index contributed by atoms with van der Waals surface area (Å²) in [7, 11) is 1.99. The summed E-state index contributed by atoms with van der Waals surface area (Å²) in [5.41, 5.74) is 6.50. The number of nitrogens with two attached hydrogens (primary N) is 1. The standard InChI is InChI=1S/C26H27F2N7O2/c1-14-30-22-19(33(14)2)8-6-17(24(22)34-12-20(29)26(13-34)10-11-26)31-25(37)18-7-9-21(36)35(32-18)23-15(27)4-3-5-16(23)28/h3-9,19-20,22H,10-13,29H2,1-2H3,(H,31,37)/t19?,20-,22?/m0/s1. The molecule has 2 aromatic rings. The van der Waals surface area contributed by atoms with Crippen LogP contribution in [0.15, 0.2) is 63.7 Å². The number of hydrogen-bond donors (Lipinski definition) is 2. The van der Waals surface area contributed by atoms with E-state index in [0.717, 1.165) is 49.1 Å². The van der Waals surface area contributed by atoms with E-state index in [0.29, 0.717) is 16.9 Å². The number of rotatable bonds is 4. The van der Waals surface area contributed by atoms with Crippen molar-refractivity contribution < 1.29 is 13.6 Å². The second kappa shape index (κ2) is 8.34. The molecule has 2 aliphatic heterocycles. The van der Waals surface area contributed by atoms with Gasteiger partial charge in [0.05, 0.1) is 23.3 Å². The van der Waals surface area contributed by atoms with Crippen LogP contribution in [0.2, 0.25) is 0 Å². The van der Waals surface area contributed by atoms with E-state index in [1.807, 2.05) is 26.1 Å². The molecule has 1 aromatic carbocycles. The van der Waals surface area contributed by atoms with Gasteiger partial charge >= 0.3 is 0 Å². The normalized spacial score (nSPS) is 25.5. The Morgan fingerprint density at radius 2 is 1.92 bits per heavy atom. The first kappa shape index (κ1) is 23.5. The molecule has 1 aromatic heterocycles. The highest BCUT2D eigenvalue weighted by molar-refractivity contribution is 5.94. The molecule has 2 unspecified atom stereocenters. The number of nitrogens with one attached hydrogen (secondary N) is 1. The van der Waals surface area contributed by atoms with Crippen molar-refractivity contribution in [1.29, 1.82) is 0 Å². The van der Waals surface area contributed by atoms with Crippen LogP contribution in [0.5, 0.6) is 0 Å². The summed E-state index contributed by atoms with van der Waals surface area (Å²) in [6, 6.07) is 5.39. The van der Waals surface area contributed by atoms with Crippen LogP contribution in [0.4, 0.5) is 8.78 Å². The molecular weight excluding hydrogens is 480 g/mol. The number of fused-ring (bicyclic) bond motifs is 1. The van der Waals surface area contributed by atoms with Crippen LogP contribution in [0.25, 0.3) is 5.69 Å². The molecule has 0 radical (unpaired) electrons. The third kappa shape index (κ3) is 3.76. The van der Waals surface area contributed by atoms with E-state index in [-0.39, 0.29) is 29.2 Å². The zero-order valence-electron chi connectivity index (χ0n) is 20.5. The van der Waals surface area contributed by atoms with Crippen LogP contribution in [-0.2, 0) is 0 Å². The number of carbonyl (C=O) groups excluding carboxylic acids is 1. The minimum atomic E-state index is -0.962. The first-order chi connectivity index (χ1) is 17.7. The van der Waals surface area contributed by atoms with E-state index >= 15 is 0 Å². The van der Waals surface area contributed by atoms with E-state index in [9.17, 15) is 18.4 Å². The third-order valence-electron chi connectivity index (χ3n) is 8.00. The Bertz CT molecular complexity index is 1440. The first-order valence-electron chi connectivity index (χ1n) is 12.2.